The molecule has 0 aliphatic carbocycles. The highest BCUT2D eigenvalue weighted by molar-refractivity contribution is 5.48. The normalized spacial score (nSPS) is 13.6. The zero-order valence-electron chi connectivity index (χ0n) is 19.2. The summed E-state index contributed by atoms with van der Waals surface area (Å²) in [7, 11) is 0. The minimum Gasteiger partial charge on any atom is -0.508 e. The van der Waals surface area contributed by atoms with Gasteiger partial charge in [-0.25, -0.2) is 0 Å². The van der Waals surface area contributed by atoms with E-state index >= 15 is 0 Å². The minimum absolute atomic E-state index is 0.0951. The third kappa shape index (κ3) is 4.71. The average molecular weight is 383 g/mol. The lowest BCUT2D eigenvalue weighted by Crippen LogP contribution is -2.15. The number of rotatable bonds is 4. The van der Waals surface area contributed by atoms with Gasteiger partial charge in [-0.15, -0.1) is 0 Å². The van der Waals surface area contributed by atoms with Gasteiger partial charge in [0.2, 0.25) is 0 Å². The van der Waals surface area contributed by atoms with Gasteiger partial charge in [-0.3, -0.25) is 0 Å². The molecule has 0 aliphatic heterocycles. The molecule has 0 aromatic heterocycles. The van der Waals surface area contributed by atoms with E-state index in [1.807, 2.05) is 12.1 Å². The summed E-state index contributed by atoms with van der Waals surface area (Å²) in [5, 5.41) is 20.9. The fourth-order valence-electron chi connectivity index (χ4n) is 4.05. The third-order valence-electron chi connectivity index (χ3n) is 5.85. The molecule has 0 saturated carbocycles. The summed E-state index contributed by atoms with van der Waals surface area (Å²) in [6.07, 6.45) is 1.96. The van der Waals surface area contributed by atoms with Crippen molar-refractivity contribution in [3.63, 3.8) is 0 Å². The molecular weight excluding hydrogens is 344 g/mol. The maximum Gasteiger partial charge on any atom is 0.119 e. The van der Waals surface area contributed by atoms with Gasteiger partial charge in [0.25, 0.3) is 0 Å². The maximum absolute atomic E-state index is 10.5. The number of phenolic OH excluding ortho intramolecular Hbond substituents is 2. The Hall–Kier alpha value is -1.96. The Labute approximate surface area is 171 Å². The van der Waals surface area contributed by atoms with Crippen LogP contribution >= 0.6 is 0 Å². The predicted molar refractivity (Wildman–Crippen MR) is 120 cm³/mol. The molecule has 2 N–H and O–H groups in total. The molecule has 0 bridgehead atoms. The van der Waals surface area contributed by atoms with Crippen LogP contribution in [0.1, 0.15) is 94.2 Å². The van der Waals surface area contributed by atoms with E-state index in [0.29, 0.717) is 17.4 Å². The first-order valence-corrected chi connectivity index (χ1v) is 10.4. The van der Waals surface area contributed by atoms with Crippen molar-refractivity contribution >= 4 is 0 Å². The van der Waals surface area contributed by atoms with Crippen molar-refractivity contribution in [2.75, 3.05) is 0 Å². The topological polar surface area (TPSA) is 40.5 Å². The fourth-order valence-corrected chi connectivity index (χ4v) is 4.05. The van der Waals surface area contributed by atoms with E-state index in [2.05, 4.69) is 74.4 Å². The van der Waals surface area contributed by atoms with Crippen molar-refractivity contribution in [2.45, 2.75) is 91.9 Å². The standard InChI is InChI=1S/C26H38O2/c1-10-18(20-15-22(26(7,8)9)24(28)12-17(20)3)13-19-14-21(25(4,5)6)23(27)11-16(19)2/h11-12,14-15,18,27-28H,10,13H2,1-9H3. The smallest absolute Gasteiger partial charge is 0.119 e. The van der Waals surface area contributed by atoms with Gasteiger partial charge in [0.05, 0.1) is 0 Å². The SMILES string of the molecule is CCC(Cc1cc(C(C)(C)C)c(O)cc1C)c1cc(C(C)(C)C)c(O)cc1C. The summed E-state index contributed by atoms with van der Waals surface area (Å²) >= 11 is 0. The van der Waals surface area contributed by atoms with Crippen LogP contribution in [0.5, 0.6) is 11.5 Å². The van der Waals surface area contributed by atoms with E-state index in [0.717, 1.165) is 35.1 Å². The lowest BCUT2D eigenvalue weighted by atomic mass is 9.79. The van der Waals surface area contributed by atoms with Gasteiger partial charge in [-0.05, 0) is 89.0 Å². The number of phenols is 2. The molecule has 2 aromatic rings. The van der Waals surface area contributed by atoms with Gasteiger partial charge < -0.3 is 10.2 Å². The number of aromatic hydroxyl groups is 2. The molecule has 0 saturated heterocycles. The molecule has 0 radical (unpaired) electrons. The van der Waals surface area contributed by atoms with Crippen LogP contribution < -0.4 is 0 Å². The zero-order chi connectivity index (χ0) is 21.4. The molecule has 28 heavy (non-hydrogen) atoms. The lowest BCUT2D eigenvalue weighted by molar-refractivity contribution is 0.443. The van der Waals surface area contributed by atoms with E-state index in [1.54, 1.807) is 0 Å². The van der Waals surface area contributed by atoms with Crippen LogP contribution in [0.3, 0.4) is 0 Å². The summed E-state index contributed by atoms with van der Waals surface area (Å²) in [6.45, 7) is 19.2. The summed E-state index contributed by atoms with van der Waals surface area (Å²) in [5.41, 5.74) is 6.70. The number of hydrogen-bond acceptors (Lipinski definition) is 2. The van der Waals surface area contributed by atoms with Crippen LogP contribution in [-0.2, 0) is 17.3 Å². The molecule has 1 atom stereocenters. The number of hydrogen-bond donors (Lipinski definition) is 2. The van der Waals surface area contributed by atoms with Gasteiger partial charge in [-0.1, -0.05) is 60.6 Å². The highest BCUT2D eigenvalue weighted by Gasteiger charge is 2.24. The fraction of sp³-hybridized carbons (Fsp3) is 0.538. The maximum atomic E-state index is 10.5. The van der Waals surface area contributed by atoms with Crippen LogP contribution in [0.4, 0.5) is 0 Å². The van der Waals surface area contributed by atoms with Crippen LogP contribution in [0.25, 0.3) is 0 Å². The Bertz CT molecular complexity index is 848. The molecule has 0 aliphatic rings. The summed E-state index contributed by atoms with van der Waals surface area (Å²) in [5.74, 6) is 1.15. The van der Waals surface area contributed by atoms with Crippen molar-refractivity contribution in [3.05, 3.63) is 57.6 Å². The molecule has 0 spiro atoms. The highest BCUT2D eigenvalue weighted by Crippen LogP contribution is 2.39. The van der Waals surface area contributed by atoms with Crippen LogP contribution in [0.2, 0.25) is 0 Å². The molecule has 0 amide bonds. The number of aryl methyl sites for hydroxylation is 2. The first-order chi connectivity index (χ1) is 12.8. The Morgan fingerprint density at radius 3 is 1.68 bits per heavy atom. The van der Waals surface area contributed by atoms with Crippen molar-refractivity contribution in [1.82, 2.24) is 0 Å². The molecular formula is C26H38O2. The van der Waals surface area contributed by atoms with E-state index < -0.39 is 0 Å². The molecule has 2 nitrogen and oxygen atoms in total. The summed E-state index contributed by atoms with van der Waals surface area (Å²) in [4.78, 5) is 0. The second-order valence-electron chi connectivity index (χ2n) is 10.3. The monoisotopic (exact) mass is 382 g/mol. The third-order valence-corrected chi connectivity index (χ3v) is 5.85. The first-order valence-electron chi connectivity index (χ1n) is 10.4. The van der Waals surface area contributed by atoms with Crippen molar-refractivity contribution in [3.8, 4) is 11.5 Å². The molecule has 2 rings (SSSR count). The van der Waals surface area contributed by atoms with Crippen LogP contribution in [0, 0.1) is 13.8 Å². The van der Waals surface area contributed by atoms with Gasteiger partial charge in [0.15, 0.2) is 0 Å². The molecule has 2 aromatic carbocycles. The second kappa shape index (κ2) is 7.81. The first kappa shape index (κ1) is 22.3. The van der Waals surface area contributed by atoms with Crippen molar-refractivity contribution in [2.24, 2.45) is 0 Å². The molecule has 2 heteroatoms. The zero-order valence-corrected chi connectivity index (χ0v) is 19.2. The molecule has 0 fully saturated rings. The van der Waals surface area contributed by atoms with E-state index in [1.165, 1.54) is 11.1 Å². The Kier molecular flexibility index (Phi) is 6.23. The van der Waals surface area contributed by atoms with E-state index in [-0.39, 0.29) is 10.8 Å². The van der Waals surface area contributed by atoms with Gasteiger partial charge >= 0.3 is 0 Å². The van der Waals surface area contributed by atoms with E-state index in [4.69, 9.17) is 0 Å². The average Bonchev–Trinajstić information content (AvgIpc) is 2.52. The largest absolute Gasteiger partial charge is 0.508 e. The van der Waals surface area contributed by atoms with Gasteiger partial charge in [0.1, 0.15) is 11.5 Å². The Morgan fingerprint density at radius 1 is 0.750 bits per heavy atom. The van der Waals surface area contributed by atoms with E-state index in [9.17, 15) is 10.2 Å². The van der Waals surface area contributed by atoms with Crippen molar-refractivity contribution < 1.29 is 10.2 Å². The van der Waals surface area contributed by atoms with Gasteiger partial charge in [0, 0.05) is 0 Å². The quantitative estimate of drug-likeness (QED) is 0.595. The molecule has 0 heterocycles. The number of benzene rings is 2. The summed E-state index contributed by atoms with van der Waals surface area (Å²) < 4.78 is 0. The highest BCUT2D eigenvalue weighted by atomic mass is 16.3. The molecule has 1 unspecified atom stereocenters. The minimum atomic E-state index is -0.0985. The van der Waals surface area contributed by atoms with Crippen LogP contribution in [0.15, 0.2) is 24.3 Å². The second-order valence-corrected chi connectivity index (χ2v) is 10.3. The van der Waals surface area contributed by atoms with Gasteiger partial charge in [-0.2, -0.15) is 0 Å². The van der Waals surface area contributed by atoms with Crippen LogP contribution in [-0.4, -0.2) is 10.2 Å². The lowest BCUT2D eigenvalue weighted by Gasteiger charge is -2.27. The molecule has 154 valence electrons. The Morgan fingerprint density at radius 2 is 1.21 bits per heavy atom. The summed E-state index contributed by atoms with van der Waals surface area (Å²) in [6, 6.07) is 8.22. The Balaban J connectivity index is 2.52. The predicted octanol–water partition coefficient (Wildman–Crippen LogP) is 7.05. The van der Waals surface area contributed by atoms with Crippen molar-refractivity contribution in [1.29, 1.82) is 0 Å².